The molecule has 1 unspecified atom stereocenters. The fourth-order valence-electron chi connectivity index (χ4n) is 2.63. The zero-order valence-electron chi connectivity index (χ0n) is 11.0. The van der Waals surface area contributed by atoms with Crippen LogP contribution in [0.4, 0.5) is 0 Å². The summed E-state index contributed by atoms with van der Waals surface area (Å²) in [5, 5.41) is 9.53. The van der Waals surface area contributed by atoms with Crippen LogP contribution in [0.5, 0.6) is 0 Å². The standard InChI is InChI=1S/C13H25NO2/c1-5-6-13(3,4)8-12(16)14-9-11(15)7-10(14)2/h10-11,15H,5-9H2,1-4H3/t10-,11?/m1/s1. The normalized spacial score (nSPS) is 26.2. The summed E-state index contributed by atoms with van der Waals surface area (Å²) in [6, 6.07) is 0.194. The highest BCUT2D eigenvalue weighted by Crippen LogP contribution is 2.29. The van der Waals surface area contributed by atoms with Gasteiger partial charge in [-0.05, 0) is 25.2 Å². The number of β-amino-alcohol motifs (C(OH)–C–C–N with tert-alkyl or cyclic N) is 1. The maximum absolute atomic E-state index is 12.1. The van der Waals surface area contributed by atoms with Crippen LogP contribution < -0.4 is 0 Å². The number of carbonyl (C=O) groups excluding carboxylic acids is 1. The lowest BCUT2D eigenvalue weighted by atomic mass is 9.84. The van der Waals surface area contributed by atoms with Gasteiger partial charge in [0.15, 0.2) is 0 Å². The third-order valence-electron chi connectivity index (χ3n) is 3.43. The Bertz CT molecular complexity index is 250. The zero-order valence-corrected chi connectivity index (χ0v) is 11.0. The van der Waals surface area contributed by atoms with Gasteiger partial charge >= 0.3 is 0 Å². The molecule has 1 N–H and O–H groups in total. The quantitative estimate of drug-likeness (QED) is 0.799. The number of aliphatic hydroxyl groups excluding tert-OH is 1. The van der Waals surface area contributed by atoms with Crippen molar-refractivity contribution < 1.29 is 9.90 Å². The average molecular weight is 227 g/mol. The van der Waals surface area contributed by atoms with Gasteiger partial charge in [-0.1, -0.05) is 27.2 Å². The Morgan fingerprint density at radius 1 is 1.50 bits per heavy atom. The van der Waals surface area contributed by atoms with Crippen LogP contribution in [0.2, 0.25) is 0 Å². The summed E-state index contributed by atoms with van der Waals surface area (Å²) in [4.78, 5) is 13.9. The van der Waals surface area contributed by atoms with Crippen LogP contribution in [0.1, 0.15) is 53.4 Å². The number of likely N-dealkylation sites (tertiary alicyclic amines) is 1. The first-order valence-corrected chi connectivity index (χ1v) is 6.33. The topological polar surface area (TPSA) is 40.5 Å². The summed E-state index contributed by atoms with van der Waals surface area (Å²) < 4.78 is 0. The van der Waals surface area contributed by atoms with Crippen molar-refractivity contribution >= 4 is 5.91 Å². The van der Waals surface area contributed by atoms with E-state index in [1.165, 1.54) is 0 Å². The van der Waals surface area contributed by atoms with E-state index < -0.39 is 0 Å². The molecule has 1 saturated heterocycles. The largest absolute Gasteiger partial charge is 0.391 e. The second-order valence-corrected chi connectivity index (χ2v) is 5.88. The first-order valence-electron chi connectivity index (χ1n) is 6.33. The van der Waals surface area contributed by atoms with E-state index in [0.29, 0.717) is 13.0 Å². The van der Waals surface area contributed by atoms with E-state index in [-0.39, 0.29) is 23.5 Å². The molecule has 0 bridgehead atoms. The van der Waals surface area contributed by atoms with E-state index in [2.05, 4.69) is 20.8 Å². The van der Waals surface area contributed by atoms with Gasteiger partial charge in [0, 0.05) is 19.0 Å². The summed E-state index contributed by atoms with van der Waals surface area (Å²) in [5.41, 5.74) is 0.0824. The van der Waals surface area contributed by atoms with E-state index in [4.69, 9.17) is 0 Å². The molecule has 3 heteroatoms. The molecule has 16 heavy (non-hydrogen) atoms. The molecule has 1 heterocycles. The Morgan fingerprint density at radius 3 is 2.56 bits per heavy atom. The van der Waals surface area contributed by atoms with E-state index >= 15 is 0 Å². The molecule has 3 nitrogen and oxygen atoms in total. The first-order chi connectivity index (χ1) is 7.35. The molecule has 0 aromatic rings. The molecular formula is C13H25NO2. The van der Waals surface area contributed by atoms with Crippen molar-refractivity contribution in [1.82, 2.24) is 4.90 Å². The van der Waals surface area contributed by atoms with Crippen LogP contribution in [0, 0.1) is 5.41 Å². The molecule has 1 aliphatic rings. The monoisotopic (exact) mass is 227 g/mol. The summed E-state index contributed by atoms with van der Waals surface area (Å²) in [6.07, 6.45) is 3.17. The van der Waals surface area contributed by atoms with E-state index in [0.717, 1.165) is 19.3 Å². The molecule has 0 spiro atoms. The Balaban J connectivity index is 2.52. The predicted octanol–water partition coefficient (Wildman–Crippen LogP) is 2.18. The van der Waals surface area contributed by atoms with Crippen LogP contribution in [0.25, 0.3) is 0 Å². The van der Waals surface area contributed by atoms with Gasteiger partial charge in [-0.3, -0.25) is 4.79 Å². The minimum Gasteiger partial charge on any atom is -0.391 e. The molecule has 1 amide bonds. The number of amides is 1. The summed E-state index contributed by atoms with van der Waals surface area (Å²) in [5.74, 6) is 0.197. The molecule has 2 atom stereocenters. The van der Waals surface area contributed by atoms with Gasteiger partial charge in [-0.2, -0.15) is 0 Å². The van der Waals surface area contributed by atoms with Gasteiger partial charge in [0.05, 0.1) is 6.10 Å². The van der Waals surface area contributed by atoms with Crippen LogP contribution >= 0.6 is 0 Å². The summed E-state index contributed by atoms with van der Waals surface area (Å²) >= 11 is 0. The maximum Gasteiger partial charge on any atom is 0.223 e. The number of hydrogen-bond donors (Lipinski definition) is 1. The minimum absolute atomic E-state index is 0.0824. The number of aliphatic hydroxyl groups is 1. The molecule has 0 saturated carbocycles. The second kappa shape index (κ2) is 5.17. The SMILES string of the molecule is CCCC(C)(C)CC(=O)N1CC(O)C[C@H]1C. The number of carbonyl (C=O) groups is 1. The van der Waals surface area contributed by atoms with E-state index in [1.807, 2.05) is 11.8 Å². The van der Waals surface area contributed by atoms with Crippen molar-refractivity contribution in [1.29, 1.82) is 0 Å². The average Bonchev–Trinajstić information content (AvgIpc) is 2.44. The van der Waals surface area contributed by atoms with Gasteiger partial charge in [-0.25, -0.2) is 0 Å². The third-order valence-corrected chi connectivity index (χ3v) is 3.43. The predicted molar refractivity (Wildman–Crippen MR) is 65.1 cm³/mol. The van der Waals surface area contributed by atoms with Crippen LogP contribution in [0.3, 0.4) is 0 Å². The molecule has 0 aliphatic carbocycles. The second-order valence-electron chi connectivity index (χ2n) is 5.88. The van der Waals surface area contributed by atoms with Gasteiger partial charge in [0.2, 0.25) is 5.91 Å². The molecule has 94 valence electrons. The zero-order chi connectivity index (χ0) is 12.3. The molecule has 0 radical (unpaired) electrons. The Hall–Kier alpha value is -0.570. The van der Waals surface area contributed by atoms with Crippen molar-refractivity contribution in [3.63, 3.8) is 0 Å². The Labute approximate surface area is 98.8 Å². The maximum atomic E-state index is 12.1. The fourth-order valence-corrected chi connectivity index (χ4v) is 2.63. The van der Waals surface area contributed by atoms with Gasteiger partial charge in [0.25, 0.3) is 0 Å². The Morgan fingerprint density at radius 2 is 2.12 bits per heavy atom. The summed E-state index contributed by atoms with van der Waals surface area (Å²) in [6.45, 7) is 8.97. The van der Waals surface area contributed by atoms with Gasteiger partial charge < -0.3 is 10.0 Å². The van der Waals surface area contributed by atoms with Gasteiger partial charge in [0.1, 0.15) is 0 Å². The van der Waals surface area contributed by atoms with E-state index in [1.54, 1.807) is 0 Å². The fraction of sp³-hybridized carbons (Fsp3) is 0.923. The van der Waals surface area contributed by atoms with E-state index in [9.17, 15) is 9.90 Å². The number of hydrogen-bond acceptors (Lipinski definition) is 2. The molecule has 0 aromatic heterocycles. The highest BCUT2D eigenvalue weighted by molar-refractivity contribution is 5.77. The Kier molecular flexibility index (Phi) is 4.36. The number of rotatable bonds is 4. The van der Waals surface area contributed by atoms with Crippen molar-refractivity contribution in [3.05, 3.63) is 0 Å². The lowest BCUT2D eigenvalue weighted by Crippen LogP contribution is -2.37. The van der Waals surface area contributed by atoms with Crippen molar-refractivity contribution in [3.8, 4) is 0 Å². The van der Waals surface area contributed by atoms with Crippen molar-refractivity contribution in [2.24, 2.45) is 5.41 Å². The third kappa shape index (κ3) is 3.48. The van der Waals surface area contributed by atoms with Crippen LogP contribution in [-0.2, 0) is 4.79 Å². The van der Waals surface area contributed by atoms with Crippen LogP contribution in [-0.4, -0.2) is 34.6 Å². The highest BCUT2D eigenvalue weighted by atomic mass is 16.3. The lowest BCUT2D eigenvalue weighted by Gasteiger charge is -2.28. The first kappa shape index (κ1) is 13.5. The molecule has 1 fully saturated rings. The number of nitrogens with zero attached hydrogens (tertiary/aromatic N) is 1. The summed E-state index contributed by atoms with van der Waals surface area (Å²) in [7, 11) is 0. The molecule has 1 rings (SSSR count). The highest BCUT2D eigenvalue weighted by Gasteiger charge is 2.33. The molecule has 0 aromatic carbocycles. The smallest absolute Gasteiger partial charge is 0.223 e. The van der Waals surface area contributed by atoms with Crippen molar-refractivity contribution in [2.75, 3.05) is 6.54 Å². The molecule has 1 aliphatic heterocycles. The van der Waals surface area contributed by atoms with Crippen LogP contribution in [0.15, 0.2) is 0 Å². The minimum atomic E-state index is -0.326. The lowest BCUT2D eigenvalue weighted by molar-refractivity contribution is -0.134. The van der Waals surface area contributed by atoms with Crippen molar-refractivity contribution in [2.45, 2.75) is 65.5 Å². The molecular weight excluding hydrogens is 202 g/mol. The van der Waals surface area contributed by atoms with Gasteiger partial charge in [-0.15, -0.1) is 0 Å².